The smallest absolute Gasteiger partial charge is 0.137 e. The fourth-order valence-electron chi connectivity index (χ4n) is 0.715. The highest BCUT2D eigenvalue weighted by Gasteiger charge is 2.00. The molecule has 1 unspecified atom stereocenters. The molecular formula is C9H12ClNO. The Hall–Kier alpha value is -0.760. The molecule has 1 aromatic rings. The highest BCUT2D eigenvalue weighted by atomic mass is 35.5. The maximum Gasteiger partial charge on any atom is 0.137 e. The van der Waals surface area contributed by atoms with Gasteiger partial charge >= 0.3 is 0 Å². The minimum atomic E-state index is 0.381. The maximum absolute atomic E-state index is 5.62. The van der Waals surface area contributed by atoms with E-state index < -0.39 is 0 Å². The second-order valence-corrected chi connectivity index (χ2v) is 3.07. The van der Waals surface area contributed by atoms with Gasteiger partial charge in [-0.3, -0.25) is 4.98 Å². The Labute approximate surface area is 77.5 Å². The zero-order chi connectivity index (χ0) is 8.81. The van der Waals surface area contributed by atoms with Gasteiger partial charge in [-0.2, -0.15) is 0 Å². The van der Waals surface area contributed by atoms with Gasteiger partial charge in [-0.25, -0.2) is 0 Å². The lowest BCUT2D eigenvalue weighted by Gasteiger charge is -2.08. The fourth-order valence-corrected chi connectivity index (χ4v) is 0.805. The van der Waals surface area contributed by atoms with Gasteiger partial charge in [0.25, 0.3) is 0 Å². The first-order valence-corrected chi connectivity index (χ1v) is 4.45. The van der Waals surface area contributed by atoms with E-state index in [4.69, 9.17) is 16.3 Å². The van der Waals surface area contributed by atoms with Crippen molar-refractivity contribution in [2.24, 2.45) is 5.92 Å². The SMILES string of the molecule is CC(CCl)COc1cccnc1. The van der Waals surface area contributed by atoms with E-state index in [1.165, 1.54) is 0 Å². The van der Waals surface area contributed by atoms with E-state index >= 15 is 0 Å². The number of rotatable bonds is 4. The maximum atomic E-state index is 5.62. The Balaban J connectivity index is 2.33. The summed E-state index contributed by atoms with van der Waals surface area (Å²) in [7, 11) is 0. The molecule has 0 aliphatic heterocycles. The Morgan fingerprint density at radius 2 is 2.50 bits per heavy atom. The summed E-state index contributed by atoms with van der Waals surface area (Å²) in [6.07, 6.45) is 3.42. The lowest BCUT2D eigenvalue weighted by atomic mass is 10.2. The first-order chi connectivity index (χ1) is 5.83. The molecule has 1 heterocycles. The molecule has 0 fully saturated rings. The molecule has 1 atom stereocenters. The summed E-state index contributed by atoms with van der Waals surface area (Å²) in [6.45, 7) is 2.69. The standard InChI is InChI=1S/C9H12ClNO/c1-8(5-10)7-12-9-3-2-4-11-6-9/h2-4,6,8H,5,7H2,1H3. The third-order valence-corrected chi connectivity index (χ3v) is 1.96. The minimum absolute atomic E-state index is 0.381. The molecule has 0 aliphatic carbocycles. The summed E-state index contributed by atoms with van der Waals surface area (Å²) in [5.41, 5.74) is 0. The van der Waals surface area contributed by atoms with Gasteiger partial charge in [-0.05, 0) is 12.1 Å². The van der Waals surface area contributed by atoms with Gasteiger partial charge in [-0.15, -0.1) is 11.6 Å². The van der Waals surface area contributed by atoms with Crippen LogP contribution in [0.3, 0.4) is 0 Å². The molecule has 0 saturated carbocycles. The molecular weight excluding hydrogens is 174 g/mol. The zero-order valence-corrected chi connectivity index (χ0v) is 7.79. The van der Waals surface area contributed by atoms with Gasteiger partial charge in [0.05, 0.1) is 12.8 Å². The molecule has 1 aromatic heterocycles. The highest BCUT2D eigenvalue weighted by Crippen LogP contribution is 2.08. The van der Waals surface area contributed by atoms with Crippen LogP contribution >= 0.6 is 11.6 Å². The van der Waals surface area contributed by atoms with Crippen LogP contribution in [0.25, 0.3) is 0 Å². The Bertz CT molecular complexity index is 215. The number of pyridine rings is 1. The third-order valence-electron chi connectivity index (χ3n) is 1.43. The van der Waals surface area contributed by atoms with Crippen LogP contribution in [0.5, 0.6) is 5.75 Å². The molecule has 1 rings (SSSR count). The molecule has 0 radical (unpaired) electrons. The van der Waals surface area contributed by atoms with Crippen LogP contribution < -0.4 is 4.74 Å². The van der Waals surface area contributed by atoms with E-state index in [1.807, 2.05) is 19.1 Å². The Morgan fingerprint density at radius 1 is 1.67 bits per heavy atom. The molecule has 66 valence electrons. The van der Waals surface area contributed by atoms with Gasteiger partial charge in [0, 0.05) is 18.0 Å². The van der Waals surface area contributed by atoms with Crippen molar-refractivity contribution in [2.75, 3.05) is 12.5 Å². The lowest BCUT2D eigenvalue weighted by molar-refractivity contribution is 0.272. The van der Waals surface area contributed by atoms with Crippen molar-refractivity contribution in [3.8, 4) is 5.75 Å². The molecule has 3 heteroatoms. The Kier molecular flexibility index (Phi) is 3.88. The Morgan fingerprint density at radius 3 is 3.08 bits per heavy atom. The average Bonchev–Trinajstić information content (AvgIpc) is 2.16. The van der Waals surface area contributed by atoms with E-state index in [0.29, 0.717) is 18.4 Å². The van der Waals surface area contributed by atoms with Crippen LogP contribution in [0.1, 0.15) is 6.92 Å². The van der Waals surface area contributed by atoms with Crippen LogP contribution in [0.15, 0.2) is 24.5 Å². The fraction of sp³-hybridized carbons (Fsp3) is 0.444. The van der Waals surface area contributed by atoms with Gasteiger partial charge in [-0.1, -0.05) is 6.92 Å². The predicted octanol–water partition coefficient (Wildman–Crippen LogP) is 2.34. The van der Waals surface area contributed by atoms with Crippen molar-refractivity contribution in [2.45, 2.75) is 6.92 Å². The summed E-state index contributed by atoms with van der Waals surface area (Å²) in [4.78, 5) is 3.93. The number of hydrogen-bond acceptors (Lipinski definition) is 2. The minimum Gasteiger partial charge on any atom is -0.492 e. The first kappa shape index (κ1) is 9.33. The van der Waals surface area contributed by atoms with Crippen molar-refractivity contribution in [1.29, 1.82) is 0 Å². The largest absolute Gasteiger partial charge is 0.492 e. The summed E-state index contributed by atoms with van der Waals surface area (Å²) < 4.78 is 5.41. The molecule has 2 nitrogen and oxygen atoms in total. The summed E-state index contributed by atoms with van der Waals surface area (Å²) in [5.74, 6) is 1.81. The van der Waals surface area contributed by atoms with Crippen LogP contribution in [0.2, 0.25) is 0 Å². The second kappa shape index (κ2) is 4.99. The summed E-state index contributed by atoms with van der Waals surface area (Å²) in [5, 5.41) is 0. The zero-order valence-electron chi connectivity index (χ0n) is 7.03. The quantitative estimate of drug-likeness (QED) is 0.672. The highest BCUT2D eigenvalue weighted by molar-refractivity contribution is 6.18. The van der Waals surface area contributed by atoms with Gasteiger partial charge in [0.15, 0.2) is 0 Å². The molecule has 12 heavy (non-hydrogen) atoms. The molecule has 0 saturated heterocycles. The number of halogens is 1. The second-order valence-electron chi connectivity index (χ2n) is 2.76. The van der Waals surface area contributed by atoms with Crippen molar-refractivity contribution >= 4 is 11.6 Å². The topological polar surface area (TPSA) is 22.1 Å². The first-order valence-electron chi connectivity index (χ1n) is 3.91. The lowest BCUT2D eigenvalue weighted by Crippen LogP contribution is -2.09. The number of aromatic nitrogens is 1. The van der Waals surface area contributed by atoms with E-state index in [-0.39, 0.29) is 0 Å². The number of ether oxygens (including phenoxy) is 1. The average molecular weight is 186 g/mol. The van der Waals surface area contributed by atoms with Gasteiger partial charge in [0.1, 0.15) is 5.75 Å². The molecule has 0 aliphatic rings. The number of hydrogen-bond donors (Lipinski definition) is 0. The monoisotopic (exact) mass is 185 g/mol. The molecule has 0 N–H and O–H groups in total. The molecule has 0 spiro atoms. The van der Waals surface area contributed by atoms with Crippen LogP contribution in [0.4, 0.5) is 0 Å². The van der Waals surface area contributed by atoms with E-state index in [2.05, 4.69) is 4.98 Å². The van der Waals surface area contributed by atoms with Crippen molar-refractivity contribution in [1.82, 2.24) is 4.98 Å². The third kappa shape index (κ3) is 3.09. The van der Waals surface area contributed by atoms with Gasteiger partial charge in [0.2, 0.25) is 0 Å². The number of nitrogens with zero attached hydrogens (tertiary/aromatic N) is 1. The summed E-state index contributed by atoms with van der Waals surface area (Å²) >= 11 is 5.62. The van der Waals surface area contributed by atoms with Crippen LogP contribution in [-0.4, -0.2) is 17.5 Å². The van der Waals surface area contributed by atoms with E-state index in [1.54, 1.807) is 12.4 Å². The van der Waals surface area contributed by atoms with E-state index in [0.717, 1.165) is 5.75 Å². The van der Waals surface area contributed by atoms with Crippen molar-refractivity contribution in [3.63, 3.8) is 0 Å². The molecule has 0 aromatic carbocycles. The normalized spacial score (nSPS) is 12.5. The summed E-state index contributed by atoms with van der Waals surface area (Å²) in [6, 6.07) is 3.73. The molecule has 0 bridgehead atoms. The van der Waals surface area contributed by atoms with Crippen molar-refractivity contribution < 1.29 is 4.74 Å². The van der Waals surface area contributed by atoms with Crippen molar-refractivity contribution in [3.05, 3.63) is 24.5 Å². The molecule has 0 amide bonds. The number of alkyl halides is 1. The predicted molar refractivity (Wildman–Crippen MR) is 49.6 cm³/mol. The van der Waals surface area contributed by atoms with Gasteiger partial charge < -0.3 is 4.74 Å². The van der Waals surface area contributed by atoms with Crippen LogP contribution in [0, 0.1) is 5.92 Å². The van der Waals surface area contributed by atoms with E-state index in [9.17, 15) is 0 Å². The van der Waals surface area contributed by atoms with Crippen LogP contribution in [-0.2, 0) is 0 Å².